The zero-order chi connectivity index (χ0) is 50.2. The van der Waals surface area contributed by atoms with Crippen molar-refractivity contribution < 1.29 is 34.4 Å². The molecule has 0 aromatic carbocycles. The van der Waals surface area contributed by atoms with E-state index in [1.165, 1.54) is 34.7 Å². The summed E-state index contributed by atoms with van der Waals surface area (Å²) in [5.74, 6) is 0.522. The lowest BCUT2D eigenvalue weighted by atomic mass is 10.1. The van der Waals surface area contributed by atoms with Crippen molar-refractivity contribution in [1.29, 1.82) is 0 Å². The number of rotatable bonds is 10. The molecule has 2 atom stereocenters. The molecule has 0 saturated carbocycles. The Morgan fingerprint density at radius 2 is 1.03 bits per heavy atom. The van der Waals surface area contributed by atoms with E-state index in [0.717, 1.165) is 127 Å². The number of carboxylic acid groups (broad SMARTS) is 1. The molecule has 0 spiro atoms. The highest BCUT2D eigenvalue weighted by molar-refractivity contribution is 7.20. The molecule has 6 aromatic rings. The molecule has 380 valence electrons. The van der Waals surface area contributed by atoms with E-state index in [0.29, 0.717) is 45.5 Å². The molecule has 4 aliphatic heterocycles. The minimum Gasteiger partial charge on any atom is -0.479 e. The van der Waals surface area contributed by atoms with E-state index < -0.39 is 18.2 Å². The smallest absolute Gasteiger partial charge is 0.332 e. The Balaban J connectivity index is 0.000000172. The Morgan fingerprint density at radius 3 is 1.41 bits per heavy atom. The van der Waals surface area contributed by atoms with Crippen molar-refractivity contribution in [2.24, 2.45) is 0 Å². The van der Waals surface area contributed by atoms with E-state index in [9.17, 15) is 14.7 Å². The summed E-state index contributed by atoms with van der Waals surface area (Å²) in [6, 6.07) is 0. The molecule has 4 fully saturated rings. The van der Waals surface area contributed by atoms with Gasteiger partial charge in [0.15, 0.2) is 0 Å². The largest absolute Gasteiger partial charge is 0.479 e. The number of nitrogens with zero attached hydrogens (tertiary/aromatic N) is 13. The molecular formula is C46H62N16O7S2. The molecule has 0 bridgehead atoms. The molecule has 4 saturated heterocycles. The topological polar surface area (TPSA) is 297 Å². The van der Waals surface area contributed by atoms with Gasteiger partial charge in [-0.2, -0.15) is 0 Å². The van der Waals surface area contributed by atoms with Crippen molar-refractivity contribution in [2.75, 3.05) is 126 Å². The first-order valence-electron chi connectivity index (χ1n) is 23.7. The number of aliphatic hydroxyl groups is 2. The van der Waals surface area contributed by atoms with E-state index in [2.05, 4.69) is 58.7 Å². The van der Waals surface area contributed by atoms with E-state index in [1.807, 2.05) is 0 Å². The fourth-order valence-corrected chi connectivity index (χ4v) is 10.7. The van der Waals surface area contributed by atoms with Crippen LogP contribution in [-0.2, 0) is 32.2 Å². The second kappa shape index (κ2) is 23.6. The van der Waals surface area contributed by atoms with Crippen LogP contribution in [0.2, 0.25) is 0 Å². The zero-order valence-corrected chi connectivity index (χ0v) is 42.1. The Bertz CT molecular complexity index is 2750. The van der Waals surface area contributed by atoms with E-state index >= 15 is 0 Å². The highest BCUT2D eigenvalue weighted by Crippen LogP contribution is 2.39. The number of amides is 1. The maximum Gasteiger partial charge on any atom is 0.332 e. The summed E-state index contributed by atoms with van der Waals surface area (Å²) in [4.78, 5) is 71.7. The Kier molecular flexibility index (Phi) is 17.1. The third-order valence-electron chi connectivity index (χ3n) is 12.5. The number of aliphatic carboxylic acids is 1. The van der Waals surface area contributed by atoms with Gasteiger partial charge in [0.05, 0.1) is 58.2 Å². The number of morpholine rings is 2. The molecule has 1 amide bonds. The predicted molar refractivity (Wildman–Crippen MR) is 272 cm³/mol. The van der Waals surface area contributed by atoms with Crippen LogP contribution in [0.4, 0.5) is 23.8 Å². The maximum absolute atomic E-state index is 12.1. The van der Waals surface area contributed by atoms with Gasteiger partial charge in [-0.25, -0.2) is 44.7 Å². The Labute approximate surface area is 418 Å². The van der Waals surface area contributed by atoms with Gasteiger partial charge in [0.25, 0.3) is 5.91 Å². The number of ether oxygens (including phenoxy) is 2. The molecule has 23 nitrogen and oxygen atoms in total. The number of fused-ring (bicyclic) bond motifs is 2. The van der Waals surface area contributed by atoms with Crippen molar-refractivity contribution in [2.45, 2.75) is 53.0 Å². The molecule has 6 aromatic heterocycles. The monoisotopic (exact) mass is 1010 g/mol. The van der Waals surface area contributed by atoms with Crippen LogP contribution in [0.15, 0.2) is 24.8 Å². The number of hydrogen-bond acceptors (Lipinski definition) is 23. The highest BCUT2D eigenvalue weighted by atomic mass is 32.1. The van der Waals surface area contributed by atoms with Crippen molar-refractivity contribution in [3.63, 3.8) is 0 Å². The van der Waals surface area contributed by atoms with Gasteiger partial charge in [-0.3, -0.25) is 14.6 Å². The van der Waals surface area contributed by atoms with Gasteiger partial charge in [0.1, 0.15) is 12.2 Å². The zero-order valence-electron chi connectivity index (χ0n) is 40.5. The number of aromatic nitrogens is 8. The average molecular weight is 1020 g/mol. The summed E-state index contributed by atoms with van der Waals surface area (Å²) in [5.41, 5.74) is 19.2. The third-order valence-corrected chi connectivity index (χ3v) is 14.8. The number of aryl methyl sites for hydroxylation is 2. The number of nitrogens with two attached hydrogens (primary N) is 2. The number of carbonyl (C=O) groups is 2. The average Bonchev–Trinajstić information content (AvgIpc) is 3.88. The molecule has 25 heteroatoms. The number of piperazine rings is 2. The minimum absolute atomic E-state index is 0.208. The number of nitrogen functional groups attached to an aromatic ring is 2. The normalized spacial score (nSPS) is 17.9. The minimum atomic E-state index is -1.23. The first-order valence-corrected chi connectivity index (χ1v) is 25.3. The Morgan fingerprint density at radius 1 is 0.634 bits per heavy atom. The number of anilines is 4. The lowest BCUT2D eigenvalue weighted by Crippen LogP contribution is -2.50. The molecule has 71 heavy (non-hydrogen) atoms. The standard InChI is InChI=1S/C23H30N8O3S.C20H26N8OS.C3H6O3/c1-14(32)21(33)30-5-3-29(4-6-30)13-17-15(2)35-20-18(16-11-25-22(24)26-12-16)27-23(28-19(17)20)31-7-9-34-10-8-31;1-13-15(12-27-4-2-22-3-5-27)17-18(30-13)16(14-10-23-19(21)24-11-14)25-20(26-17)28-6-8-29-9-7-28;1-2(4)3(5)6/h11-12,14,32H,3-10,13H2,1-2H3,(H2,24,25,26);10-11,22H,2-9,12H2,1H3,(H2,21,23,24);2,4H,1H3,(H,5,6)/t14-;;2-/m1.1/s1. The fourth-order valence-electron chi connectivity index (χ4n) is 8.44. The van der Waals surface area contributed by atoms with Crippen LogP contribution in [-0.4, -0.2) is 199 Å². The van der Waals surface area contributed by atoms with Gasteiger partial charge >= 0.3 is 5.97 Å². The lowest BCUT2D eigenvalue weighted by Gasteiger charge is -2.35. The molecule has 8 N–H and O–H groups in total. The van der Waals surface area contributed by atoms with Gasteiger partial charge < -0.3 is 56.3 Å². The van der Waals surface area contributed by atoms with E-state index in [-0.39, 0.29) is 17.8 Å². The molecule has 10 rings (SSSR count). The van der Waals surface area contributed by atoms with Gasteiger partial charge in [-0.15, -0.1) is 22.7 Å². The Hall–Kier alpha value is -5.90. The predicted octanol–water partition coefficient (Wildman–Crippen LogP) is 1.63. The number of nitrogens with one attached hydrogen (secondary N) is 1. The molecule has 0 aliphatic carbocycles. The molecule has 0 radical (unpaired) electrons. The van der Waals surface area contributed by atoms with Gasteiger partial charge in [-0.05, 0) is 27.7 Å². The van der Waals surface area contributed by atoms with E-state index in [4.69, 9.17) is 51.1 Å². The van der Waals surface area contributed by atoms with Crippen LogP contribution < -0.4 is 26.6 Å². The fraction of sp³-hybridized carbons (Fsp3) is 0.522. The van der Waals surface area contributed by atoms with Crippen LogP contribution >= 0.6 is 22.7 Å². The summed E-state index contributed by atoms with van der Waals surface area (Å²) < 4.78 is 13.1. The number of thiophene rings is 2. The summed E-state index contributed by atoms with van der Waals surface area (Å²) in [5, 5.41) is 28.8. The van der Waals surface area contributed by atoms with Gasteiger partial charge in [-0.1, -0.05) is 0 Å². The van der Waals surface area contributed by atoms with Crippen LogP contribution in [0.3, 0.4) is 0 Å². The van der Waals surface area contributed by atoms with Crippen LogP contribution in [0.1, 0.15) is 34.7 Å². The first-order chi connectivity index (χ1) is 34.2. The summed E-state index contributed by atoms with van der Waals surface area (Å²) in [6.07, 6.45) is 4.72. The number of hydrogen-bond donors (Lipinski definition) is 6. The van der Waals surface area contributed by atoms with Crippen molar-refractivity contribution >= 4 is 78.8 Å². The van der Waals surface area contributed by atoms with Crippen LogP contribution in [0, 0.1) is 13.8 Å². The second-order valence-electron chi connectivity index (χ2n) is 17.5. The summed E-state index contributed by atoms with van der Waals surface area (Å²) in [7, 11) is 0. The SMILES string of the molecule is C[C@@H](O)C(=O)O.Cc1sc2c(-c3cnc(N)nc3)nc(N3CCOCC3)nc2c1CN1CCN(C(=O)[C@@H](C)O)CC1.Cc1sc2c(-c3cnc(N)nc3)nc(N3CCOCC3)nc2c1CN1CCNCC1. The first kappa shape index (κ1) is 51.5. The van der Waals surface area contributed by atoms with Gasteiger partial charge in [0, 0.05) is 148 Å². The van der Waals surface area contributed by atoms with Crippen molar-refractivity contribution in [3.05, 3.63) is 45.7 Å². The van der Waals surface area contributed by atoms with Gasteiger partial charge in [0.2, 0.25) is 23.8 Å². The maximum atomic E-state index is 12.1. The van der Waals surface area contributed by atoms with E-state index in [1.54, 1.807) is 52.4 Å². The summed E-state index contributed by atoms with van der Waals surface area (Å²) in [6.45, 7) is 21.3. The number of aliphatic hydroxyl groups excluding tert-OH is 2. The third kappa shape index (κ3) is 12.6. The lowest BCUT2D eigenvalue weighted by molar-refractivity contribution is -0.145. The number of carboxylic acids is 1. The molecular weight excluding hydrogens is 953 g/mol. The highest BCUT2D eigenvalue weighted by Gasteiger charge is 2.28. The van der Waals surface area contributed by atoms with Crippen molar-refractivity contribution in [3.8, 4) is 22.5 Å². The van der Waals surface area contributed by atoms with Crippen LogP contribution in [0.25, 0.3) is 42.9 Å². The van der Waals surface area contributed by atoms with Crippen LogP contribution in [0.5, 0.6) is 0 Å². The van der Waals surface area contributed by atoms with Crippen molar-refractivity contribution in [1.82, 2.24) is 59.9 Å². The molecule has 0 unspecified atom stereocenters. The summed E-state index contributed by atoms with van der Waals surface area (Å²) >= 11 is 3.43. The number of carbonyl (C=O) groups excluding carboxylic acids is 1. The quantitative estimate of drug-likeness (QED) is 0.114. The molecule has 4 aliphatic rings. The molecule has 10 heterocycles. The second-order valence-corrected chi connectivity index (χ2v) is 20.0.